The van der Waals surface area contributed by atoms with Crippen molar-refractivity contribution in [2.45, 2.75) is 207 Å². The molecule has 35 heteroatoms. The lowest BCUT2D eigenvalue weighted by Gasteiger charge is -2.28. The van der Waals surface area contributed by atoms with Crippen LogP contribution in [-0.2, 0) is 102 Å². The van der Waals surface area contributed by atoms with Gasteiger partial charge in [0.2, 0.25) is 47.3 Å². The Morgan fingerprint density at radius 1 is 0.361 bits per heavy atom. The van der Waals surface area contributed by atoms with Crippen LogP contribution in [0.2, 0.25) is 0 Å². The van der Waals surface area contributed by atoms with Gasteiger partial charge in [-0.05, 0) is 110 Å². The summed E-state index contributed by atoms with van der Waals surface area (Å²) in [4.78, 5) is 202. The maximum Gasteiger partial charge on any atom is 0.326 e. The molecule has 10 N–H and O–H groups in total. The summed E-state index contributed by atoms with van der Waals surface area (Å²) >= 11 is 4.51. The molecule has 4 fully saturated rings. The summed E-state index contributed by atoms with van der Waals surface area (Å²) in [6.07, 6.45) is 5.83. The van der Waals surface area contributed by atoms with Crippen LogP contribution in [0, 0.1) is 35.5 Å². The second kappa shape index (κ2) is 51.8. The van der Waals surface area contributed by atoms with Crippen LogP contribution in [0.3, 0.4) is 0 Å². The van der Waals surface area contributed by atoms with Crippen molar-refractivity contribution in [1.82, 2.24) is 40.9 Å². The van der Waals surface area contributed by atoms with E-state index in [4.69, 9.17) is 4.74 Å². The summed E-state index contributed by atoms with van der Waals surface area (Å²) in [5, 5.41) is 67.3. The van der Waals surface area contributed by atoms with Crippen molar-refractivity contribution in [3.63, 3.8) is 0 Å². The van der Waals surface area contributed by atoms with Crippen LogP contribution < -0.4 is 26.0 Å². The second-order valence-electron chi connectivity index (χ2n) is 31.1. The van der Waals surface area contributed by atoms with E-state index in [0.717, 1.165) is 58.2 Å². The van der Waals surface area contributed by atoms with E-state index in [1.807, 2.05) is 44.2 Å². The van der Waals surface area contributed by atoms with Gasteiger partial charge in [0, 0.05) is 123 Å². The quantitative estimate of drug-likeness (QED) is 0.0203. The van der Waals surface area contributed by atoms with E-state index < -0.39 is 120 Å². The van der Waals surface area contributed by atoms with Crippen molar-refractivity contribution in [3.8, 4) is 17.2 Å². The predicted octanol–water partition coefficient (Wildman–Crippen LogP) is 8.29. The van der Waals surface area contributed by atoms with Crippen LogP contribution >= 0.6 is 47.0 Å². The Hall–Kier alpha value is -10.0. The number of ether oxygens (including phenoxy) is 1. The maximum absolute atomic E-state index is 12.9. The molecule has 668 valence electrons. The van der Waals surface area contributed by atoms with Crippen molar-refractivity contribution in [1.29, 1.82) is 0 Å². The largest absolute Gasteiger partial charge is 0.508 e. The molecule has 4 heterocycles. The molecule has 122 heavy (non-hydrogen) atoms. The number of phenolic OH excluding ortho intramolecular Hbond substituents is 2. The van der Waals surface area contributed by atoms with Gasteiger partial charge in [-0.2, -0.15) is 0 Å². The van der Waals surface area contributed by atoms with Crippen LogP contribution in [0.1, 0.15) is 156 Å². The zero-order valence-electron chi connectivity index (χ0n) is 71.0. The molecule has 0 spiro atoms. The Kier molecular flexibility index (Phi) is 43.6. The summed E-state index contributed by atoms with van der Waals surface area (Å²) in [6.45, 7) is 19.5. The van der Waals surface area contributed by atoms with Crippen LogP contribution in [0.4, 0.5) is 0 Å². The molecule has 4 aromatic carbocycles. The number of nitrogens with one attached hydrogen (secondary N) is 4. The molecule has 0 saturated carbocycles. The smallest absolute Gasteiger partial charge is 0.326 e. The number of hydrogen-bond acceptors (Lipinski definition) is 23. The number of amides is 8. The molecule has 0 aliphatic carbocycles. The fourth-order valence-corrected chi connectivity index (χ4v) is 16.8. The molecule has 0 aromatic heterocycles. The van der Waals surface area contributed by atoms with Gasteiger partial charge < -0.3 is 76.2 Å². The van der Waals surface area contributed by atoms with Crippen molar-refractivity contribution < 1.29 is 112 Å². The van der Waals surface area contributed by atoms with Crippen molar-refractivity contribution in [3.05, 3.63) is 125 Å². The number of benzene rings is 4. The Morgan fingerprint density at radius 2 is 0.598 bits per heavy atom. The van der Waals surface area contributed by atoms with Crippen molar-refractivity contribution in [2.75, 3.05) is 56.3 Å². The molecular formula is C87H118N8O23S4. The number of aromatic hydroxyl groups is 2. The minimum absolute atomic E-state index is 0.0175. The number of phenols is 2. The number of carbonyl (C=O) groups is 16. The van der Waals surface area contributed by atoms with E-state index >= 15 is 0 Å². The first-order valence-corrected chi connectivity index (χ1v) is 44.9. The van der Waals surface area contributed by atoms with Crippen LogP contribution in [0.25, 0.3) is 0 Å². The third kappa shape index (κ3) is 33.3. The Morgan fingerprint density at radius 3 is 0.828 bits per heavy atom. The molecule has 4 aliphatic rings. The molecule has 8 amide bonds. The summed E-state index contributed by atoms with van der Waals surface area (Å²) in [5.41, 5.74) is 2.88. The average Bonchev–Trinajstić information content (AvgIpc) is 1.69. The number of hydrogen-bond donors (Lipinski definition) is 10. The molecule has 0 radical (unpaired) electrons. The van der Waals surface area contributed by atoms with Crippen LogP contribution in [0.5, 0.6) is 17.2 Å². The van der Waals surface area contributed by atoms with Gasteiger partial charge in [-0.15, -0.1) is 0 Å². The number of aliphatic carboxylic acids is 4. The van der Waals surface area contributed by atoms with E-state index in [0.29, 0.717) is 130 Å². The van der Waals surface area contributed by atoms with Crippen LogP contribution in [0.15, 0.2) is 103 Å². The lowest BCUT2D eigenvalue weighted by atomic mass is 10.0. The molecule has 12 atom stereocenters. The number of carbonyl (C=O) groups excluding carboxylic acids is 12. The molecule has 4 aliphatic heterocycles. The van der Waals surface area contributed by atoms with E-state index in [1.54, 1.807) is 111 Å². The van der Waals surface area contributed by atoms with Gasteiger partial charge in [0.25, 0.3) is 0 Å². The van der Waals surface area contributed by atoms with Gasteiger partial charge in [-0.1, -0.05) is 183 Å². The summed E-state index contributed by atoms with van der Waals surface area (Å²) in [6, 6.07) is 21.0. The number of nitrogens with zero attached hydrogens (tertiary/aromatic N) is 4. The second-order valence-corrected chi connectivity index (χ2v) is 35.3. The summed E-state index contributed by atoms with van der Waals surface area (Å²) in [7, 11) is 1.55. The molecule has 4 saturated heterocycles. The number of likely N-dealkylation sites (tertiary alicyclic amines) is 4. The average molecular weight is 1770 g/mol. The third-order valence-corrected chi connectivity index (χ3v) is 26.0. The number of methoxy groups -OCH3 is 1. The van der Waals surface area contributed by atoms with Crippen LogP contribution in [-0.4, -0.2) is 246 Å². The molecule has 0 unspecified atom stereocenters. The minimum atomic E-state index is -1.17. The topological polar surface area (TPSA) is 465 Å². The van der Waals surface area contributed by atoms with Gasteiger partial charge in [-0.3, -0.25) is 57.5 Å². The Bertz CT molecular complexity index is 4220. The predicted molar refractivity (Wildman–Crippen MR) is 464 cm³/mol. The van der Waals surface area contributed by atoms with Gasteiger partial charge in [0.1, 0.15) is 65.6 Å². The molecule has 31 nitrogen and oxygen atoms in total. The first-order valence-electron chi connectivity index (χ1n) is 41.0. The number of carboxylic acid groups (broad SMARTS) is 4. The molecular weight excluding hydrogens is 1650 g/mol. The zero-order chi connectivity index (χ0) is 90.6. The summed E-state index contributed by atoms with van der Waals surface area (Å²) in [5.74, 6) is -6.83. The minimum Gasteiger partial charge on any atom is -0.508 e. The van der Waals surface area contributed by atoms with Gasteiger partial charge in [0.05, 0.1) is 7.11 Å². The Labute approximate surface area is 729 Å². The fourth-order valence-electron chi connectivity index (χ4n) is 13.5. The number of thioether (sulfide) groups is 4. The Balaban J connectivity index is 0.000000289. The monoisotopic (exact) mass is 1770 g/mol. The lowest BCUT2D eigenvalue weighted by molar-refractivity contribution is -0.145. The van der Waals surface area contributed by atoms with E-state index in [-0.39, 0.29) is 93.1 Å². The highest BCUT2D eigenvalue weighted by Gasteiger charge is 2.43. The standard InChI is InChI=1S/2C22H30N2O6S.C22H30N2O5S.C21H28N2O6S/c1-13(2)22(30)31-12-14(3)20(27)24-10-4-5-18(24)19(26)23-17(21(28)29)11-15-6-8-16(25)9-7-15;1-4-19(25)31-13-14(2)21(27)24-11-5-6-18(24)20(26)23-17(22(28)29)12-15-7-9-16(30-3)10-8-15;1-14(2)22(29)30-13-15(3)20(26)24-11-7-10-18(24)19(25)23-17(21(27)28)12-16-8-5-4-6-9-16;1-3-18(25)30-12-13(2)20(27)23-10-4-5-17(23)19(26)22-16(21(28)29)11-14-6-8-15(24)9-7-14/h6-9,13-14,17-18,25H,4-5,10-12H2,1-3H3,(H,23,26)(H,28,29);7-10,14,17-18H,4-6,11-13H2,1-3H3,(H,23,26)(H,28,29);4-6,8-9,14-15,17-18H,7,10-13H2,1-3H3,(H,23,25)(H,27,28);6-9,13,16-17,24H,3-5,10-12H2,1-2H3,(H,22,26)(H,28,29)/t2*14-,17+,18+;15-,17+,18+;13-,16+,17+/m1111/s1. The molecule has 4 aromatic rings. The highest BCUT2D eigenvalue weighted by Crippen LogP contribution is 2.29. The van der Waals surface area contributed by atoms with Crippen molar-refractivity contribution >= 4 is 139 Å². The number of carboxylic acids is 4. The van der Waals surface area contributed by atoms with Gasteiger partial charge in [-0.25, -0.2) is 19.2 Å². The third-order valence-electron chi connectivity index (χ3n) is 20.6. The van der Waals surface area contributed by atoms with E-state index in [1.165, 1.54) is 43.9 Å². The fraction of sp³-hybridized carbons (Fsp3) is 0.540. The zero-order valence-corrected chi connectivity index (χ0v) is 74.3. The molecule has 0 bridgehead atoms. The van der Waals surface area contributed by atoms with Crippen molar-refractivity contribution in [2.24, 2.45) is 35.5 Å². The SMILES string of the molecule is CC(C)C(=O)SC[C@@H](C)C(=O)N1CCC[C@H]1C(=O)N[C@@H](Cc1ccc(O)cc1)C(=O)O.CC(C)C(=O)SC[C@@H](C)C(=O)N1CCC[C@H]1C(=O)N[C@@H](Cc1ccccc1)C(=O)O.CCC(=O)SC[C@@H](C)C(=O)N1CCC[C@H]1C(=O)N[C@@H](Cc1ccc(O)cc1)C(=O)O.CCC(=O)SC[C@@H](C)C(=O)N1CCC[C@H]1C(=O)N[C@@H](Cc1ccc(OC)cc1)C(=O)O. The van der Waals surface area contributed by atoms with E-state index in [9.17, 15) is 107 Å². The van der Waals surface area contributed by atoms with E-state index in [2.05, 4.69) is 21.3 Å². The normalized spacial score (nSPS) is 17.9. The summed E-state index contributed by atoms with van der Waals surface area (Å²) < 4.78 is 5.10. The highest BCUT2D eigenvalue weighted by atomic mass is 32.2. The van der Waals surface area contributed by atoms with Gasteiger partial charge >= 0.3 is 23.9 Å². The number of rotatable bonds is 37. The first kappa shape index (κ1) is 103. The van der Waals surface area contributed by atoms with Gasteiger partial charge in [0.15, 0.2) is 20.5 Å². The maximum atomic E-state index is 12.9. The first-order chi connectivity index (χ1) is 57.8. The highest BCUT2D eigenvalue weighted by molar-refractivity contribution is 8.14. The lowest BCUT2D eigenvalue weighted by Crippen LogP contribution is -2.52. The molecule has 8 rings (SSSR count).